The van der Waals surface area contributed by atoms with E-state index in [4.69, 9.17) is 9.26 Å². The summed E-state index contributed by atoms with van der Waals surface area (Å²) in [5.41, 5.74) is 0.768. The van der Waals surface area contributed by atoms with E-state index < -0.39 is 0 Å². The monoisotopic (exact) mass is 259 g/mol. The van der Waals surface area contributed by atoms with Crippen LogP contribution in [0.25, 0.3) is 12.2 Å². The van der Waals surface area contributed by atoms with Crippen LogP contribution in [-0.2, 0) is 4.74 Å². The predicted molar refractivity (Wildman–Crippen MR) is 67.3 cm³/mol. The molecule has 0 saturated carbocycles. The third-order valence-corrected chi connectivity index (χ3v) is 2.92. The van der Waals surface area contributed by atoms with Crippen molar-refractivity contribution in [3.8, 4) is 5.75 Å². The molecule has 1 aliphatic heterocycles. The molecule has 2 aromatic rings. The average molecular weight is 259 g/mol. The fourth-order valence-corrected chi connectivity index (χ4v) is 1.92. The third kappa shape index (κ3) is 2.79. The van der Waals surface area contributed by atoms with E-state index >= 15 is 0 Å². The van der Waals surface area contributed by atoms with Crippen molar-refractivity contribution in [2.45, 2.75) is 12.3 Å². The molecule has 1 aliphatic rings. The Morgan fingerprint density at radius 2 is 2.26 bits per heavy atom. The maximum atomic E-state index is 9.30. The van der Waals surface area contributed by atoms with Crippen molar-refractivity contribution in [3.63, 3.8) is 0 Å². The van der Waals surface area contributed by atoms with E-state index in [-0.39, 0.29) is 11.7 Å². The van der Waals surface area contributed by atoms with E-state index in [0.717, 1.165) is 18.6 Å². The smallest absolute Gasteiger partial charge is 0.250 e. The summed E-state index contributed by atoms with van der Waals surface area (Å²) in [4.78, 5) is 8.18. The number of nitrogens with zero attached hydrogens (tertiary/aromatic N) is 3. The van der Waals surface area contributed by atoms with E-state index in [9.17, 15) is 5.11 Å². The minimum absolute atomic E-state index is 0.122. The van der Waals surface area contributed by atoms with Crippen LogP contribution >= 0.6 is 0 Å². The first-order valence-electron chi connectivity index (χ1n) is 6.05. The number of ether oxygens (including phenoxy) is 1. The molecular formula is C13H13N3O3. The first-order valence-corrected chi connectivity index (χ1v) is 6.05. The summed E-state index contributed by atoms with van der Waals surface area (Å²) in [6.07, 6.45) is 7.40. The highest BCUT2D eigenvalue weighted by atomic mass is 16.5. The Balaban J connectivity index is 1.73. The van der Waals surface area contributed by atoms with E-state index in [1.165, 1.54) is 6.20 Å². The fourth-order valence-electron chi connectivity index (χ4n) is 1.92. The molecule has 3 rings (SSSR count). The predicted octanol–water partition coefficient (Wildman–Crippen LogP) is 1.84. The zero-order valence-electron chi connectivity index (χ0n) is 10.2. The van der Waals surface area contributed by atoms with Crippen molar-refractivity contribution < 1.29 is 14.4 Å². The molecule has 19 heavy (non-hydrogen) atoms. The summed E-state index contributed by atoms with van der Waals surface area (Å²) < 4.78 is 10.4. The highest BCUT2D eigenvalue weighted by Gasteiger charge is 2.22. The van der Waals surface area contributed by atoms with Gasteiger partial charge in [0.1, 0.15) is 5.75 Å². The summed E-state index contributed by atoms with van der Waals surface area (Å²) in [6.45, 7) is 1.40. The third-order valence-electron chi connectivity index (χ3n) is 2.92. The van der Waals surface area contributed by atoms with Crippen molar-refractivity contribution in [1.29, 1.82) is 0 Å². The topological polar surface area (TPSA) is 81.3 Å². The Morgan fingerprint density at radius 1 is 1.32 bits per heavy atom. The van der Waals surface area contributed by atoms with E-state index in [2.05, 4.69) is 15.1 Å². The van der Waals surface area contributed by atoms with Crippen LogP contribution in [0.4, 0.5) is 0 Å². The van der Waals surface area contributed by atoms with Gasteiger partial charge in [0.25, 0.3) is 5.89 Å². The number of aromatic nitrogens is 3. The molecule has 3 heterocycles. The largest absolute Gasteiger partial charge is 0.506 e. The molecule has 0 aliphatic carbocycles. The van der Waals surface area contributed by atoms with Gasteiger partial charge in [-0.25, -0.2) is 0 Å². The van der Waals surface area contributed by atoms with Crippen LogP contribution in [0.5, 0.6) is 5.75 Å². The lowest BCUT2D eigenvalue weighted by atomic mass is 10.1. The standard InChI is InChI=1S/C13H13N3O3/c17-11-5-9(6-14-7-11)1-2-12-15-13(16-19-12)10-3-4-18-8-10/h1-2,5-7,10,17H,3-4,8H2. The molecule has 1 unspecified atom stereocenters. The highest BCUT2D eigenvalue weighted by molar-refractivity contribution is 5.65. The van der Waals surface area contributed by atoms with Gasteiger partial charge in [-0.1, -0.05) is 5.16 Å². The van der Waals surface area contributed by atoms with Crippen LogP contribution in [0, 0.1) is 0 Å². The van der Waals surface area contributed by atoms with Crippen molar-refractivity contribution in [2.75, 3.05) is 13.2 Å². The zero-order chi connectivity index (χ0) is 13.1. The van der Waals surface area contributed by atoms with Crippen molar-refractivity contribution in [1.82, 2.24) is 15.1 Å². The second kappa shape index (κ2) is 5.19. The van der Waals surface area contributed by atoms with Crippen LogP contribution in [0.3, 0.4) is 0 Å². The Morgan fingerprint density at radius 3 is 3.05 bits per heavy atom. The minimum atomic E-state index is 0.122. The van der Waals surface area contributed by atoms with Crippen LogP contribution in [0.2, 0.25) is 0 Å². The van der Waals surface area contributed by atoms with Crippen molar-refractivity contribution >= 4 is 12.2 Å². The quantitative estimate of drug-likeness (QED) is 0.905. The molecule has 6 nitrogen and oxygen atoms in total. The zero-order valence-corrected chi connectivity index (χ0v) is 10.2. The molecule has 0 radical (unpaired) electrons. The summed E-state index contributed by atoms with van der Waals surface area (Å²) in [5, 5.41) is 13.2. The maximum Gasteiger partial charge on any atom is 0.250 e. The molecule has 1 atom stereocenters. The van der Waals surface area contributed by atoms with Crippen LogP contribution in [0.1, 0.15) is 29.6 Å². The lowest BCUT2D eigenvalue weighted by molar-refractivity contribution is 0.192. The van der Waals surface area contributed by atoms with Crippen molar-refractivity contribution in [3.05, 3.63) is 35.7 Å². The number of rotatable bonds is 3. The summed E-state index contributed by atoms with van der Waals surface area (Å²) in [7, 11) is 0. The second-order valence-corrected chi connectivity index (χ2v) is 4.36. The van der Waals surface area contributed by atoms with Gasteiger partial charge in [-0.05, 0) is 24.1 Å². The molecule has 2 aromatic heterocycles. The maximum absolute atomic E-state index is 9.30. The molecule has 1 N–H and O–H groups in total. The normalized spacial score (nSPS) is 19.3. The van der Waals surface area contributed by atoms with Gasteiger partial charge >= 0.3 is 0 Å². The minimum Gasteiger partial charge on any atom is -0.506 e. The molecule has 0 amide bonds. The van der Waals surface area contributed by atoms with E-state index in [1.807, 2.05) is 0 Å². The average Bonchev–Trinajstić information content (AvgIpc) is 3.07. The van der Waals surface area contributed by atoms with Gasteiger partial charge < -0.3 is 14.4 Å². The van der Waals surface area contributed by atoms with E-state index in [1.54, 1.807) is 24.4 Å². The summed E-state index contributed by atoms with van der Waals surface area (Å²) >= 11 is 0. The molecule has 1 fully saturated rings. The summed E-state index contributed by atoms with van der Waals surface area (Å²) in [6, 6.07) is 1.60. The SMILES string of the molecule is Oc1cncc(C=Cc2nc(C3CCOC3)no2)c1. The van der Waals surface area contributed by atoms with Gasteiger partial charge in [-0.2, -0.15) is 4.98 Å². The lowest BCUT2D eigenvalue weighted by Gasteiger charge is -1.97. The molecular weight excluding hydrogens is 246 g/mol. The molecule has 1 saturated heterocycles. The Labute approximate surface area is 109 Å². The fraction of sp³-hybridized carbons (Fsp3) is 0.308. The number of pyridine rings is 1. The van der Waals surface area contributed by atoms with Gasteiger partial charge in [-0.3, -0.25) is 4.98 Å². The Bertz CT molecular complexity index is 588. The van der Waals surface area contributed by atoms with Gasteiger partial charge in [0.15, 0.2) is 5.82 Å². The summed E-state index contributed by atoms with van der Waals surface area (Å²) in [5.74, 6) is 1.47. The van der Waals surface area contributed by atoms with Crippen LogP contribution < -0.4 is 0 Å². The van der Waals surface area contributed by atoms with E-state index in [0.29, 0.717) is 18.3 Å². The van der Waals surface area contributed by atoms with Crippen molar-refractivity contribution in [2.24, 2.45) is 0 Å². The van der Waals surface area contributed by atoms with Crippen LogP contribution in [-0.4, -0.2) is 33.4 Å². The van der Waals surface area contributed by atoms with Gasteiger partial charge in [0, 0.05) is 24.8 Å². The molecule has 0 spiro atoms. The first-order chi connectivity index (χ1) is 9.31. The first kappa shape index (κ1) is 11.9. The number of aromatic hydroxyl groups is 1. The van der Waals surface area contributed by atoms with Gasteiger partial charge in [0.2, 0.25) is 0 Å². The van der Waals surface area contributed by atoms with Crippen LogP contribution in [0.15, 0.2) is 23.0 Å². The Hall–Kier alpha value is -2.21. The molecule has 0 bridgehead atoms. The number of hydrogen-bond donors (Lipinski definition) is 1. The highest BCUT2D eigenvalue weighted by Crippen LogP contribution is 2.22. The van der Waals surface area contributed by atoms with Gasteiger partial charge in [0.05, 0.1) is 12.8 Å². The second-order valence-electron chi connectivity index (χ2n) is 4.36. The molecule has 6 heteroatoms. The Kier molecular flexibility index (Phi) is 3.24. The molecule has 98 valence electrons. The van der Waals surface area contributed by atoms with Gasteiger partial charge in [-0.15, -0.1) is 0 Å². The number of hydrogen-bond acceptors (Lipinski definition) is 6. The molecule has 0 aromatic carbocycles. The lowest BCUT2D eigenvalue weighted by Crippen LogP contribution is -1.99.